The number of Topliss-reactive ketones (excluding diaryl/α,β-unsaturated/α-hetero) is 2. The van der Waals surface area contributed by atoms with Gasteiger partial charge in [0.15, 0.2) is 0 Å². The van der Waals surface area contributed by atoms with Crippen molar-refractivity contribution in [2.75, 3.05) is 14.2 Å². The van der Waals surface area contributed by atoms with Crippen molar-refractivity contribution in [2.24, 2.45) is 4.99 Å². The van der Waals surface area contributed by atoms with Crippen LogP contribution < -0.4 is 0 Å². The van der Waals surface area contributed by atoms with Gasteiger partial charge in [-0.15, -0.1) is 0 Å². The maximum atomic E-state index is 10.2. The molecule has 0 N–H and O–H groups in total. The second kappa shape index (κ2) is 127. The molecule has 0 amide bonds. The molecule has 0 aromatic carbocycles. The van der Waals surface area contributed by atoms with Gasteiger partial charge in [-0.3, -0.25) is 4.79 Å². The quantitative estimate of drug-likeness (QED) is 0.249. The molecule has 0 aromatic rings. The molecular formula is C24H60N2O4. The Hall–Kier alpha value is -1.99. The Morgan fingerprint density at radius 3 is 1.00 bits per heavy atom. The highest BCUT2D eigenvalue weighted by molar-refractivity contribution is 5.77. The van der Waals surface area contributed by atoms with Crippen molar-refractivity contribution in [3.63, 3.8) is 0 Å². The van der Waals surface area contributed by atoms with Crippen LogP contribution >= 0.6 is 0 Å². The Labute approximate surface area is 192 Å². The normalized spacial score (nSPS) is 5.03. The average molecular weight is 441 g/mol. The number of hydrogen-bond donors (Lipinski definition) is 0. The minimum atomic E-state index is 0. The zero-order valence-electron chi connectivity index (χ0n) is 19.4. The van der Waals surface area contributed by atoms with E-state index < -0.39 is 0 Å². The maximum Gasteiger partial charge on any atom is 0.286 e. The van der Waals surface area contributed by atoms with Crippen molar-refractivity contribution in [3.05, 3.63) is 0 Å². The molecule has 0 atom stereocenters. The van der Waals surface area contributed by atoms with Gasteiger partial charge in [0.2, 0.25) is 6.08 Å². The number of aliphatic imine (C=N–C) groups is 1. The lowest BCUT2D eigenvalue weighted by molar-refractivity contribution is -0.118. The van der Waals surface area contributed by atoms with Crippen LogP contribution in [-0.2, 0) is 19.1 Å². The predicted molar refractivity (Wildman–Crippen MR) is 139 cm³/mol. The number of ketones is 2. The van der Waals surface area contributed by atoms with Crippen LogP contribution in [0.3, 0.4) is 0 Å². The first-order chi connectivity index (χ1) is 12.3. The largest absolute Gasteiger partial charge is 0.431 e. The molecule has 30 heavy (non-hydrogen) atoms. The number of carbonyl (C=O) groups is 2. The smallest absolute Gasteiger partial charge is 0.286 e. The fraction of sp³-hybridized carbons (Fsp3) is 0.833. The fourth-order valence-electron chi connectivity index (χ4n) is 0.250. The summed E-state index contributed by atoms with van der Waals surface area (Å²) in [5, 5.41) is 7.40. The minimum absolute atomic E-state index is 0. The number of ether oxygens (including phenoxy) is 1. The van der Waals surface area contributed by atoms with Crippen molar-refractivity contribution in [2.45, 2.75) is 125 Å². The highest BCUT2D eigenvalue weighted by Crippen LogP contribution is 1.83. The highest BCUT2D eigenvalue weighted by atomic mass is 16.5. The van der Waals surface area contributed by atoms with E-state index in [2.05, 4.69) is 23.6 Å². The monoisotopic (exact) mass is 440 g/mol. The topological polar surface area (TPSA) is 96.6 Å². The molecule has 0 bridgehead atoms. The van der Waals surface area contributed by atoms with E-state index in [4.69, 9.17) is 10.1 Å². The lowest BCUT2D eigenvalue weighted by Gasteiger charge is -1.81. The summed E-state index contributed by atoms with van der Waals surface area (Å²) in [6.07, 6.45) is 6.03. The number of isocyanates is 1. The number of nitrogens with zero attached hydrogens (tertiary/aromatic N) is 2. The minimum Gasteiger partial charge on any atom is -0.431 e. The molecule has 0 spiro atoms. The molecule has 0 rings (SSSR count). The predicted octanol–water partition coefficient (Wildman–Crippen LogP) is 8.44. The zero-order chi connectivity index (χ0) is 22.8. The first-order valence-corrected chi connectivity index (χ1v) is 9.22. The van der Waals surface area contributed by atoms with Gasteiger partial charge >= 0.3 is 0 Å². The van der Waals surface area contributed by atoms with E-state index in [9.17, 15) is 9.59 Å². The molecule has 0 saturated carbocycles. The molecule has 0 aliphatic rings. The standard InChI is InChI=1S/C5H10O.C4H8O.C3H8.2C2H3NO.2C2H6.4CH4/c1-3-5(6)4-2;1-3-4(2)5;1-3-2;1-4-2-3;1-3-2-4;2*1-2;;;;/h3-4H2,1-2H3;3H2,1-2H3;3H2,1-2H3;2*1H3;2*1-2H3;4*1H4. The summed E-state index contributed by atoms with van der Waals surface area (Å²) >= 11 is 0. The summed E-state index contributed by atoms with van der Waals surface area (Å²) in [6.45, 7) is 19.4. The van der Waals surface area contributed by atoms with Crippen LogP contribution in [0.25, 0.3) is 0 Å². The lowest BCUT2D eigenvalue weighted by Crippen LogP contribution is -1.88. The molecule has 0 unspecified atom stereocenters. The SMILES string of the molecule is C.C.C.C.CC.CC.CCC.CCC(=O)CC.CCC(C)=O.CN=C=O.COC#N. The summed E-state index contributed by atoms with van der Waals surface area (Å²) in [7, 11) is 2.70. The van der Waals surface area contributed by atoms with Crippen molar-refractivity contribution < 1.29 is 19.1 Å². The molecule has 0 aromatic heterocycles. The van der Waals surface area contributed by atoms with Crippen LogP contribution in [0.5, 0.6) is 0 Å². The average Bonchev–Trinajstić information content (AvgIpc) is 2.71. The second-order valence-electron chi connectivity index (χ2n) is 3.62. The van der Waals surface area contributed by atoms with Crippen LogP contribution in [-0.4, -0.2) is 31.8 Å². The van der Waals surface area contributed by atoms with Gasteiger partial charge in [-0.05, 0) is 6.92 Å². The summed E-state index contributed by atoms with van der Waals surface area (Å²) < 4.78 is 3.85. The van der Waals surface area contributed by atoms with Crippen LogP contribution in [0.2, 0.25) is 0 Å². The van der Waals surface area contributed by atoms with Gasteiger partial charge in [0.25, 0.3) is 6.26 Å². The van der Waals surface area contributed by atoms with Gasteiger partial charge in [0, 0.05) is 26.3 Å². The molecule has 0 radical (unpaired) electrons. The Morgan fingerprint density at radius 1 is 0.833 bits per heavy atom. The van der Waals surface area contributed by atoms with Gasteiger partial charge < -0.3 is 9.53 Å². The van der Waals surface area contributed by atoms with Gasteiger partial charge in [0.1, 0.15) is 11.6 Å². The Morgan fingerprint density at radius 2 is 1.00 bits per heavy atom. The van der Waals surface area contributed by atoms with E-state index in [1.165, 1.54) is 32.9 Å². The number of carbonyl (C=O) groups excluding carboxylic acids is 3. The maximum absolute atomic E-state index is 10.2. The lowest BCUT2D eigenvalue weighted by atomic mass is 10.3. The Kier molecular flexibility index (Phi) is 298. The summed E-state index contributed by atoms with van der Waals surface area (Å²) in [4.78, 5) is 31.8. The van der Waals surface area contributed by atoms with E-state index in [1.54, 1.807) is 6.92 Å². The molecular weight excluding hydrogens is 380 g/mol. The summed E-state index contributed by atoms with van der Waals surface area (Å²) in [5.41, 5.74) is 0. The van der Waals surface area contributed by atoms with Gasteiger partial charge in [-0.25, -0.2) is 9.79 Å². The summed E-state index contributed by atoms with van der Waals surface area (Å²) in [5.74, 6) is 0.597. The van der Waals surface area contributed by atoms with Crippen LogP contribution in [0, 0.1) is 11.5 Å². The number of rotatable bonds is 3. The fourth-order valence-corrected chi connectivity index (χ4v) is 0.250. The number of nitriles is 1. The van der Waals surface area contributed by atoms with E-state index >= 15 is 0 Å². The van der Waals surface area contributed by atoms with E-state index in [1.807, 2.05) is 48.5 Å². The third kappa shape index (κ3) is 450. The van der Waals surface area contributed by atoms with Gasteiger partial charge in [-0.2, -0.15) is 5.26 Å². The molecule has 6 heteroatoms. The number of methoxy groups -OCH3 is 1. The van der Waals surface area contributed by atoms with Crippen LogP contribution in [0.1, 0.15) is 125 Å². The Balaban J connectivity index is -0.0000000157. The van der Waals surface area contributed by atoms with Gasteiger partial charge in [0.05, 0.1) is 7.11 Å². The van der Waals surface area contributed by atoms with E-state index in [0.717, 1.165) is 0 Å². The van der Waals surface area contributed by atoms with Crippen molar-refractivity contribution in [1.82, 2.24) is 0 Å². The number of hydrogen-bond acceptors (Lipinski definition) is 6. The van der Waals surface area contributed by atoms with E-state index in [-0.39, 0.29) is 35.5 Å². The van der Waals surface area contributed by atoms with Crippen molar-refractivity contribution >= 4 is 17.6 Å². The zero-order valence-corrected chi connectivity index (χ0v) is 19.4. The molecule has 0 heterocycles. The van der Waals surface area contributed by atoms with Crippen LogP contribution in [0.15, 0.2) is 4.99 Å². The third-order valence-electron chi connectivity index (χ3n) is 1.47. The third-order valence-corrected chi connectivity index (χ3v) is 1.47. The molecule has 0 aliphatic heterocycles. The van der Waals surface area contributed by atoms with Crippen molar-refractivity contribution in [1.29, 1.82) is 5.26 Å². The van der Waals surface area contributed by atoms with Gasteiger partial charge in [-0.1, -0.05) is 98.4 Å². The molecule has 0 fully saturated rings. The molecule has 6 nitrogen and oxygen atoms in total. The highest BCUT2D eigenvalue weighted by Gasteiger charge is 1.86. The first-order valence-electron chi connectivity index (χ1n) is 9.22. The van der Waals surface area contributed by atoms with Crippen LogP contribution in [0.4, 0.5) is 0 Å². The Bertz CT molecular complexity index is 301. The molecule has 0 saturated heterocycles. The molecule has 190 valence electrons. The first kappa shape index (κ1) is 70.6. The molecule has 0 aliphatic carbocycles. The van der Waals surface area contributed by atoms with E-state index in [0.29, 0.717) is 25.0 Å². The second-order valence-corrected chi connectivity index (χ2v) is 3.62. The van der Waals surface area contributed by atoms with Crippen molar-refractivity contribution in [3.8, 4) is 6.26 Å². The summed E-state index contributed by atoms with van der Waals surface area (Å²) in [6, 6.07) is 0.